The second kappa shape index (κ2) is 15.7. The highest BCUT2D eigenvalue weighted by atomic mass is 35.5. The van der Waals surface area contributed by atoms with Gasteiger partial charge in [0, 0.05) is 73.3 Å². The van der Waals surface area contributed by atoms with E-state index < -0.39 is 18.5 Å². The molecule has 1 fully saturated rings. The van der Waals surface area contributed by atoms with Crippen LogP contribution in [0.25, 0.3) is 22.5 Å². The highest BCUT2D eigenvalue weighted by molar-refractivity contribution is 6.39. The van der Waals surface area contributed by atoms with Gasteiger partial charge in [-0.05, 0) is 37.6 Å². The van der Waals surface area contributed by atoms with Crippen molar-refractivity contribution in [3.8, 4) is 28.4 Å². The number of hydrogen-bond donors (Lipinski definition) is 5. The molecule has 1 saturated heterocycles. The van der Waals surface area contributed by atoms with Crippen LogP contribution in [0.15, 0.2) is 54.9 Å². The molecule has 47 heavy (non-hydrogen) atoms. The third-order valence-electron chi connectivity index (χ3n) is 7.33. The molecule has 0 bridgehead atoms. The van der Waals surface area contributed by atoms with E-state index in [1.165, 1.54) is 18.5 Å². The van der Waals surface area contributed by atoms with Crippen molar-refractivity contribution in [2.24, 2.45) is 0 Å². The van der Waals surface area contributed by atoms with Gasteiger partial charge in [-0.1, -0.05) is 41.4 Å². The van der Waals surface area contributed by atoms with Crippen molar-refractivity contribution >= 4 is 40.6 Å². The Morgan fingerprint density at radius 3 is 2.55 bits per heavy atom. The summed E-state index contributed by atoms with van der Waals surface area (Å²) in [6.45, 7) is -0.353. The van der Waals surface area contributed by atoms with E-state index in [1.54, 1.807) is 43.3 Å². The molecule has 248 valence electrons. The number of aliphatic hydroxyl groups is 1. The summed E-state index contributed by atoms with van der Waals surface area (Å²) >= 11 is 13.6. The molecule has 10 nitrogen and oxygen atoms in total. The number of hydrogen-bond acceptors (Lipinski definition) is 9. The van der Waals surface area contributed by atoms with Crippen LogP contribution in [-0.2, 0) is 17.9 Å². The maximum absolute atomic E-state index is 15.2. The van der Waals surface area contributed by atoms with Crippen LogP contribution in [0.4, 0.5) is 24.7 Å². The van der Waals surface area contributed by atoms with Crippen molar-refractivity contribution in [3.63, 3.8) is 0 Å². The fourth-order valence-electron chi connectivity index (χ4n) is 5.04. The van der Waals surface area contributed by atoms with Gasteiger partial charge in [0.05, 0.1) is 33.2 Å². The topological polar surface area (TPSA) is 133 Å². The van der Waals surface area contributed by atoms with Crippen LogP contribution >= 0.6 is 23.2 Å². The SMILES string of the molecule is C[C@H](O)CNCc1ccnc(Nc2cccc(-c3nccc(-c4ccc(CNC[C@@H]5CCC(=O)N5)c(OC(F)F)n4)c3Cl)c2Cl)c1F. The first-order valence-electron chi connectivity index (χ1n) is 14.8. The minimum Gasteiger partial charge on any atom is -0.417 e. The number of aromatic nitrogens is 3. The van der Waals surface area contributed by atoms with Crippen LogP contribution in [0.5, 0.6) is 5.88 Å². The predicted molar refractivity (Wildman–Crippen MR) is 173 cm³/mol. The van der Waals surface area contributed by atoms with E-state index in [-0.39, 0.29) is 58.2 Å². The van der Waals surface area contributed by atoms with Gasteiger partial charge in [0.1, 0.15) is 0 Å². The van der Waals surface area contributed by atoms with Crippen molar-refractivity contribution in [2.75, 3.05) is 18.4 Å². The number of amides is 1. The normalized spacial score (nSPS) is 15.1. The van der Waals surface area contributed by atoms with Gasteiger partial charge in [0.25, 0.3) is 0 Å². The van der Waals surface area contributed by atoms with Gasteiger partial charge in [-0.3, -0.25) is 9.78 Å². The molecule has 0 aliphatic carbocycles. The van der Waals surface area contributed by atoms with Crippen LogP contribution in [0, 0.1) is 5.82 Å². The number of benzene rings is 1. The standard InChI is InChI=1S/C32H32Cl2F3N7O3/c1-17(45)13-38-14-18-9-11-41-30(28(18)35)43-24-4-2-3-22(26(24)33)29-27(34)21(10-12-40-29)23-7-5-19(31(44-23)47-32(36)37)15-39-16-20-6-8-25(46)42-20/h2-5,7,9-12,17,20,32,38-39,45H,6,8,13-16H2,1H3,(H,41,43)(H,42,46)/t17-,20-/m0/s1. The molecule has 0 saturated carbocycles. The van der Waals surface area contributed by atoms with Crippen LogP contribution in [0.2, 0.25) is 10.0 Å². The minimum atomic E-state index is -3.11. The van der Waals surface area contributed by atoms with Gasteiger partial charge in [-0.15, -0.1) is 0 Å². The molecule has 4 heterocycles. The Kier molecular flexibility index (Phi) is 11.5. The first-order valence-corrected chi connectivity index (χ1v) is 15.5. The molecule has 5 rings (SSSR count). The maximum Gasteiger partial charge on any atom is 0.388 e. The molecule has 1 amide bonds. The van der Waals surface area contributed by atoms with E-state index in [4.69, 9.17) is 27.9 Å². The van der Waals surface area contributed by atoms with Crippen LogP contribution in [0.1, 0.15) is 30.9 Å². The van der Waals surface area contributed by atoms with Gasteiger partial charge in [-0.25, -0.2) is 14.4 Å². The summed E-state index contributed by atoms with van der Waals surface area (Å²) in [5.74, 6) is -0.914. The summed E-state index contributed by atoms with van der Waals surface area (Å²) in [6, 6.07) is 11.4. The average molecular weight is 691 g/mol. The molecule has 1 aliphatic rings. The molecule has 0 spiro atoms. The minimum absolute atomic E-state index is 0.0168. The molecule has 2 atom stereocenters. The van der Waals surface area contributed by atoms with Gasteiger partial charge >= 0.3 is 6.61 Å². The van der Waals surface area contributed by atoms with Crippen molar-refractivity contribution in [2.45, 2.75) is 51.6 Å². The number of alkyl halides is 2. The lowest BCUT2D eigenvalue weighted by molar-refractivity contribution is -0.119. The number of carbonyl (C=O) groups excluding carboxylic acids is 1. The predicted octanol–water partition coefficient (Wildman–Crippen LogP) is 5.84. The number of carbonyl (C=O) groups is 1. The Hall–Kier alpha value is -4.01. The van der Waals surface area contributed by atoms with E-state index in [0.717, 1.165) is 0 Å². The third-order valence-corrected chi connectivity index (χ3v) is 8.12. The number of aliphatic hydroxyl groups excluding tert-OH is 1. The number of pyridine rings is 3. The maximum atomic E-state index is 15.2. The van der Waals surface area contributed by atoms with Crippen molar-refractivity contribution in [1.82, 2.24) is 30.9 Å². The Labute approximate surface area is 279 Å². The van der Waals surface area contributed by atoms with Gasteiger partial charge in [-0.2, -0.15) is 8.78 Å². The average Bonchev–Trinajstić information content (AvgIpc) is 3.45. The van der Waals surface area contributed by atoms with Crippen LogP contribution in [0.3, 0.4) is 0 Å². The molecule has 4 aromatic rings. The Bertz CT molecular complexity index is 1730. The number of rotatable bonds is 14. The fourth-order valence-corrected chi connectivity index (χ4v) is 5.62. The molecule has 5 N–H and O–H groups in total. The largest absolute Gasteiger partial charge is 0.417 e. The number of anilines is 2. The second-order valence-corrected chi connectivity index (χ2v) is 11.7. The monoisotopic (exact) mass is 689 g/mol. The summed E-state index contributed by atoms with van der Waals surface area (Å²) in [5.41, 5.74) is 2.44. The Balaban J connectivity index is 1.38. The van der Waals surface area contributed by atoms with Gasteiger partial charge < -0.3 is 31.1 Å². The number of halogens is 5. The summed E-state index contributed by atoms with van der Waals surface area (Å²) < 4.78 is 46.7. The fraction of sp³-hybridized carbons (Fsp3) is 0.312. The van der Waals surface area contributed by atoms with Gasteiger partial charge in [0.15, 0.2) is 11.6 Å². The zero-order chi connectivity index (χ0) is 33.5. The van der Waals surface area contributed by atoms with Crippen molar-refractivity contribution in [3.05, 3.63) is 81.8 Å². The van der Waals surface area contributed by atoms with E-state index in [1.807, 2.05) is 0 Å². The van der Waals surface area contributed by atoms with Crippen molar-refractivity contribution in [1.29, 1.82) is 0 Å². The van der Waals surface area contributed by atoms with Crippen LogP contribution < -0.4 is 26.0 Å². The quantitative estimate of drug-likeness (QED) is 0.111. The molecule has 1 aromatic carbocycles. The second-order valence-electron chi connectivity index (χ2n) is 10.9. The first kappa shape index (κ1) is 34.3. The lowest BCUT2D eigenvalue weighted by atomic mass is 10.1. The summed E-state index contributed by atoms with van der Waals surface area (Å²) in [6.07, 6.45) is 3.51. The molecule has 0 unspecified atom stereocenters. The lowest BCUT2D eigenvalue weighted by Crippen LogP contribution is -2.35. The summed E-state index contributed by atoms with van der Waals surface area (Å²) in [5, 5.41) is 21.7. The molecule has 3 aromatic heterocycles. The number of ether oxygens (including phenoxy) is 1. The van der Waals surface area contributed by atoms with E-state index in [9.17, 15) is 18.7 Å². The van der Waals surface area contributed by atoms with E-state index >= 15 is 4.39 Å². The number of nitrogens with zero attached hydrogens (tertiary/aromatic N) is 3. The zero-order valence-corrected chi connectivity index (χ0v) is 26.7. The summed E-state index contributed by atoms with van der Waals surface area (Å²) in [7, 11) is 0. The molecular weight excluding hydrogens is 658 g/mol. The van der Waals surface area contributed by atoms with Crippen LogP contribution in [-0.4, -0.2) is 57.8 Å². The molecule has 1 aliphatic heterocycles. The molecular formula is C32H32Cl2F3N7O3. The van der Waals surface area contributed by atoms with E-state index in [2.05, 4.69) is 36.2 Å². The zero-order valence-electron chi connectivity index (χ0n) is 25.2. The Morgan fingerprint density at radius 2 is 1.81 bits per heavy atom. The number of nitrogens with one attached hydrogen (secondary N) is 4. The molecule has 0 radical (unpaired) electrons. The third kappa shape index (κ3) is 8.67. The Morgan fingerprint density at radius 1 is 1.02 bits per heavy atom. The smallest absolute Gasteiger partial charge is 0.388 e. The highest BCUT2D eigenvalue weighted by Gasteiger charge is 2.22. The summed E-state index contributed by atoms with van der Waals surface area (Å²) in [4.78, 5) is 24.3. The highest BCUT2D eigenvalue weighted by Crippen LogP contribution is 2.41. The van der Waals surface area contributed by atoms with E-state index in [0.29, 0.717) is 53.9 Å². The first-order chi connectivity index (χ1) is 22.6. The van der Waals surface area contributed by atoms with Crippen molar-refractivity contribution < 1.29 is 27.8 Å². The lowest BCUT2D eigenvalue weighted by Gasteiger charge is -2.16. The van der Waals surface area contributed by atoms with Gasteiger partial charge in [0.2, 0.25) is 11.8 Å². The molecule has 15 heteroatoms.